The number of hydrogen-bond acceptors (Lipinski definition) is 5. The maximum atomic E-state index is 13.3. The summed E-state index contributed by atoms with van der Waals surface area (Å²) in [4.78, 5) is 18.9. The summed E-state index contributed by atoms with van der Waals surface area (Å²) in [6.07, 6.45) is 1.35. The Hall–Kier alpha value is -3.97. The van der Waals surface area contributed by atoms with Crippen molar-refractivity contribution in [2.45, 2.75) is 45.2 Å². The standard InChI is InChI=1S/C31H33FN2O4/c1-4-31(30(35)36,34(3)21-24-10-14-26(32)15-11-24)20-23-12-16-27(17-13-23)37-19-18-28-22(2)38-29(33-28)25-8-6-5-7-9-25/h5-17H,4,18-21H2,1-3H3,(H,35,36). The highest BCUT2D eigenvalue weighted by molar-refractivity contribution is 5.79. The summed E-state index contributed by atoms with van der Waals surface area (Å²) in [6, 6.07) is 23.5. The Morgan fingerprint density at radius 1 is 1.03 bits per heavy atom. The first-order valence-electron chi connectivity index (χ1n) is 12.7. The second-order valence-electron chi connectivity index (χ2n) is 9.48. The van der Waals surface area contributed by atoms with Crippen LogP contribution in [0.25, 0.3) is 11.5 Å². The summed E-state index contributed by atoms with van der Waals surface area (Å²) in [7, 11) is 1.80. The molecule has 0 aliphatic rings. The third kappa shape index (κ3) is 6.29. The van der Waals surface area contributed by atoms with Gasteiger partial charge in [-0.1, -0.05) is 49.4 Å². The number of likely N-dealkylation sites (N-methyl/N-ethyl adjacent to an activating group) is 1. The van der Waals surface area contributed by atoms with Crippen molar-refractivity contribution in [1.29, 1.82) is 0 Å². The van der Waals surface area contributed by atoms with Crippen LogP contribution in [-0.4, -0.2) is 40.2 Å². The molecule has 1 N–H and O–H groups in total. The van der Waals surface area contributed by atoms with Crippen LogP contribution in [0.5, 0.6) is 5.75 Å². The predicted octanol–water partition coefficient (Wildman–Crippen LogP) is 6.32. The summed E-state index contributed by atoms with van der Waals surface area (Å²) in [5.41, 5.74) is 2.45. The van der Waals surface area contributed by atoms with Gasteiger partial charge in [-0.15, -0.1) is 0 Å². The molecule has 0 radical (unpaired) electrons. The zero-order valence-corrected chi connectivity index (χ0v) is 22.0. The lowest BCUT2D eigenvalue weighted by molar-refractivity contribution is -0.151. The van der Waals surface area contributed by atoms with Crippen molar-refractivity contribution in [3.63, 3.8) is 0 Å². The van der Waals surface area contributed by atoms with Gasteiger partial charge in [0, 0.05) is 24.9 Å². The third-order valence-electron chi connectivity index (χ3n) is 6.99. The number of carboxylic acids is 1. The van der Waals surface area contributed by atoms with Crippen LogP contribution >= 0.6 is 0 Å². The summed E-state index contributed by atoms with van der Waals surface area (Å²) < 4.78 is 25.1. The van der Waals surface area contributed by atoms with Crippen LogP contribution in [0.4, 0.5) is 4.39 Å². The number of carbonyl (C=O) groups is 1. The van der Waals surface area contributed by atoms with Crippen molar-refractivity contribution < 1.29 is 23.4 Å². The van der Waals surface area contributed by atoms with Gasteiger partial charge in [0.25, 0.3) is 0 Å². The Kier molecular flexibility index (Phi) is 8.59. The van der Waals surface area contributed by atoms with Crippen molar-refractivity contribution in [3.8, 4) is 17.2 Å². The van der Waals surface area contributed by atoms with Gasteiger partial charge in [-0.05, 0) is 67.9 Å². The molecule has 0 fully saturated rings. The highest BCUT2D eigenvalue weighted by atomic mass is 19.1. The zero-order valence-electron chi connectivity index (χ0n) is 22.0. The Bertz CT molecular complexity index is 1340. The van der Waals surface area contributed by atoms with Gasteiger partial charge in [0.2, 0.25) is 5.89 Å². The quantitative estimate of drug-likeness (QED) is 0.238. The fraction of sp³-hybridized carbons (Fsp3) is 0.290. The van der Waals surface area contributed by atoms with E-state index in [1.54, 1.807) is 19.2 Å². The van der Waals surface area contributed by atoms with E-state index in [-0.39, 0.29) is 5.82 Å². The van der Waals surface area contributed by atoms with Crippen LogP contribution in [0.2, 0.25) is 0 Å². The van der Waals surface area contributed by atoms with Gasteiger partial charge in [0.15, 0.2) is 0 Å². The molecule has 0 aliphatic carbocycles. The number of benzene rings is 3. The summed E-state index contributed by atoms with van der Waals surface area (Å²) in [6.45, 7) is 4.62. The summed E-state index contributed by atoms with van der Waals surface area (Å²) in [5.74, 6) is 0.881. The first kappa shape index (κ1) is 27.1. The fourth-order valence-electron chi connectivity index (χ4n) is 4.61. The van der Waals surface area contributed by atoms with Gasteiger partial charge in [0.05, 0.1) is 12.3 Å². The second kappa shape index (κ2) is 12.0. The minimum atomic E-state index is -1.10. The van der Waals surface area contributed by atoms with E-state index in [1.807, 2.05) is 73.3 Å². The number of aliphatic carboxylic acids is 1. The molecule has 0 spiro atoms. The minimum Gasteiger partial charge on any atom is -0.493 e. The maximum absolute atomic E-state index is 13.3. The molecule has 4 aromatic rings. The lowest BCUT2D eigenvalue weighted by Crippen LogP contribution is -2.53. The number of aryl methyl sites for hydroxylation is 1. The van der Waals surface area contributed by atoms with E-state index in [1.165, 1.54) is 12.1 Å². The molecular weight excluding hydrogens is 483 g/mol. The van der Waals surface area contributed by atoms with E-state index in [0.29, 0.717) is 44.1 Å². The molecule has 0 saturated carbocycles. The van der Waals surface area contributed by atoms with Crippen molar-refractivity contribution in [2.75, 3.05) is 13.7 Å². The van der Waals surface area contributed by atoms with Crippen LogP contribution in [0.15, 0.2) is 83.3 Å². The molecule has 38 heavy (non-hydrogen) atoms. The molecule has 198 valence electrons. The first-order chi connectivity index (χ1) is 18.3. The molecule has 0 amide bonds. The van der Waals surface area contributed by atoms with Crippen molar-refractivity contribution >= 4 is 5.97 Å². The van der Waals surface area contributed by atoms with Crippen LogP contribution in [0.3, 0.4) is 0 Å². The average Bonchev–Trinajstić information content (AvgIpc) is 3.30. The molecular formula is C31H33FN2O4. The highest BCUT2D eigenvalue weighted by Crippen LogP contribution is 2.28. The van der Waals surface area contributed by atoms with Crippen molar-refractivity contribution in [3.05, 3.63) is 107 Å². The molecule has 1 heterocycles. The monoisotopic (exact) mass is 516 g/mol. The van der Waals surface area contributed by atoms with Gasteiger partial charge < -0.3 is 14.3 Å². The van der Waals surface area contributed by atoms with Gasteiger partial charge in [0.1, 0.15) is 22.9 Å². The van der Waals surface area contributed by atoms with E-state index in [2.05, 4.69) is 4.98 Å². The van der Waals surface area contributed by atoms with Crippen molar-refractivity contribution in [1.82, 2.24) is 9.88 Å². The fourth-order valence-corrected chi connectivity index (χ4v) is 4.61. The molecule has 1 aromatic heterocycles. The van der Waals surface area contributed by atoms with Gasteiger partial charge >= 0.3 is 5.97 Å². The molecule has 1 atom stereocenters. The Balaban J connectivity index is 1.37. The van der Waals surface area contributed by atoms with E-state index in [0.717, 1.165) is 28.1 Å². The number of rotatable bonds is 12. The number of aromatic nitrogens is 1. The second-order valence-corrected chi connectivity index (χ2v) is 9.48. The van der Waals surface area contributed by atoms with Gasteiger partial charge in [-0.2, -0.15) is 0 Å². The molecule has 0 bridgehead atoms. The zero-order chi connectivity index (χ0) is 27.1. The Morgan fingerprint density at radius 2 is 1.68 bits per heavy atom. The topological polar surface area (TPSA) is 75.8 Å². The van der Waals surface area contributed by atoms with Gasteiger partial charge in [-0.3, -0.25) is 9.69 Å². The summed E-state index contributed by atoms with van der Waals surface area (Å²) in [5, 5.41) is 10.2. The van der Waals surface area contributed by atoms with Crippen LogP contribution < -0.4 is 4.74 Å². The number of oxazole rings is 1. The number of hydrogen-bond donors (Lipinski definition) is 1. The smallest absolute Gasteiger partial charge is 0.324 e. The molecule has 3 aromatic carbocycles. The van der Waals surface area contributed by atoms with Crippen LogP contribution in [0, 0.1) is 12.7 Å². The molecule has 0 aliphatic heterocycles. The SMILES string of the molecule is CCC(Cc1ccc(OCCc2nc(-c3ccccc3)oc2C)cc1)(C(=O)O)N(C)Cc1ccc(F)cc1. The lowest BCUT2D eigenvalue weighted by Gasteiger charge is -2.38. The number of nitrogens with zero attached hydrogens (tertiary/aromatic N) is 2. The lowest BCUT2D eigenvalue weighted by atomic mass is 9.86. The van der Waals surface area contributed by atoms with E-state index < -0.39 is 11.5 Å². The van der Waals surface area contributed by atoms with Crippen LogP contribution in [-0.2, 0) is 24.2 Å². The minimum absolute atomic E-state index is 0.313. The number of ether oxygens (including phenoxy) is 1. The highest BCUT2D eigenvalue weighted by Gasteiger charge is 2.41. The maximum Gasteiger partial charge on any atom is 0.324 e. The largest absolute Gasteiger partial charge is 0.493 e. The number of carboxylic acid groups (broad SMARTS) is 1. The predicted molar refractivity (Wildman–Crippen MR) is 145 cm³/mol. The van der Waals surface area contributed by atoms with Crippen LogP contribution in [0.1, 0.15) is 35.9 Å². The average molecular weight is 517 g/mol. The van der Waals surface area contributed by atoms with E-state index in [9.17, 15) is 14.3 Å². The molecule has 6 nitrogen and oxygen atoms in total. The Labute approximate surface area is 222 Å². The molecule has 0 saturated heterocycles. The number of halogens is 1. The first-order valence-corrected chi connectivity index (χ1v) is 12.7. The van der Waals surface area contributed by atoms with Crippen molar-refractivity contribution in [2.24, 2.45) is 0 Å². The van der Waals surface area contributed by atoms with E-state index in [4.69, 9.17) is 9.15 Å². The van der Waals surface area contributed by atoms with Gasteiger partial charge in [-0.25, -0.2) is 9.37 Å². The summed E-state index contributed by atoms with van der Waals surface area (Å²) >= 11 is 0. The Morgan fingerprint density at radius 3 is 2.32 bits per heavy atom. The molecule has 4 rings (SSSR count). The molecule has 7 heteroatoms. The molecule has 1 unspecified atom stereocenters. The van der Waals surface area contributed by atoms with E-state index >= 15 is 0 Å². The normalized spacial score (nSPS) is 12.9. The third-order valence-corrected chi connectivity index (χ3v) is 6.99.